The summed E-state index contributed by atoms with van der Waals surface area (Å²) in [5, 5.41) is 6.81. The number of nitrogens with one attached hydrogen (secondary N) is 2. The van der Waals surface area contributed by atoms with Crippen LogP contribution in [0.5, 0.6) is 0 Å². The SMILES string of the molecule is CCCCCNc1ccc(C(=O)NCc2ccc(Cl)cc2)cn1. The largest absolute Gasteiger partial charge is 0.370 e. The summed E-state index contributed by atoms with van der Waals surface area (Å²) in [6.45, 7) is 3.55. The van der Waals surface area contributed by atoms with E-state index < -0.39 is 0 Å². The van der Waals surface area contributed by atoms with E-state index in [2.05, 4.69) is 22.5 Å². The first-order chi connectivity index (χ1) is 11.2. The highest BCUT2D eigenvalue weighted by Gasteiger charge is 2.06. The minimum atomic E-state index is -0.134. The standard InChI is InChI=1S/C18H22ClN3O/c1-2-3-4-11-20-17-10-7-15(13-21-17)18(23)22-12-14-5-8-16(19)9-6-14/h5-10,13H,2-4,11-12H2,1H3,(H,20,21)(H,22,23). The number of hydrogen-bond acceptors (Lipinski definition) is 3. The van der Waals surface area contributed by atoms with E-state index in [1.54, 1.807) is 12.3 Å². The molecule has 5 heteroatoms. The first-order valence-corrected chi connectivity index (χ1v) is 8.29. The zero-order valence-corrected chi connectivity index (χ0v) is 14.1. The Balaban J connectivity index is 1.81. The van der Waals surface area contributed by atoms with Crippen molar-refractivity contribution in [3.05, 3.63) is 58.7 Å². The Morgan fingerprint density at radius 1 is 1.13 bits per heavy atom. The summed E-state index contributed by atoms with van der Waals surface area (Å²) in [5.74, 6) is 0.667. The Bertz CT molecular complexity index is 611. The highest BCUT2D eigenvalue weighted by atomic mass is 35.5. The fraction of sp³-hybridized carbons (Fsp3) is 0.333. The lowest BCUT2D eigenvalue weighted by Crippen LogP contribution is -2.22. The lowest BCUT2D eigenvalue weighted by atomic mass is 10.2. The first-order valence-electron chi connectivity index (χ1n) is 7.91. The maximum Gasteiger partial charge on any atom is 0.253 e. The predicted octanol–water partition coefficient (Wildman–Crippen LogP) is 4.27. The van der Waals surface area contributed by atoms with Crippen molar-refractivity contribution in [1.82, 2.24) is 10.3 Å². The van der Waals surface area contributed by atoms with E-state index in [-0.39, 0.29) is 5.91 Å². The van der Waals surface area contributed by atoms with Crippen LogP contribution in [0.4, 0.5) is 5.82 Å². The topological polar surface area (TPSA) is 54.0 Å². The number of amides is 1. The van der Waals surface area contributed by atoms with Crippen LogP contribution in [-0.2, 0) is 6.54 Å². The molecule has 23 heavy (non-hydrogen) atoms. The number of benzene rings is 1. The van der Waals surface area contributed by atoms with Gasteiger partial charge in [-0.25, -0.2) is 4.98 Å². The van der Waals surface area contributed by atoms with Gasteiger partial charge in [-0.15, -0.1) is 0 Å². The molecule has 1 aromatic heterocycles. The van der Waals surface area contributed by atoms with Crippen LogP contribution in [0, 0.1) is 0 Å². The average Bonchev–Trinajstić information content (AvgIpc) is 2.58. The molecule has 0 fully saturated rings. The molecular weight excluding hydrogens is 310 g/mol. The molecule has 0 aliphatic heterocycles. The normalized spacial score (nSPS) is 10.3. The minimum absolute atomic E-state index is 0.134. The van der Waals surface area contributed by atoms with Gasteiger partial charge in [0.05, 0.1) is 5.56 Å². The summed E-state index contributed by atoms with van der Waals surface area (Å²) in [5.41, 5.74) is 1.56. The fourth-order valence-electron chi connectivity index (χ4n) is 2.11. The summed E-state index contributed by atoms with van der Waals surface area (Å²) in [7, 11) is 0. The van der Waals surface area contributed by atoms with Crippen LogP contribution < -0.4 is 10.6 Å². The molecule has 0 atom stereocenters. The number of carbonyl (C=O) groups is 1. The number of aromatic nitrogens is 1. The monoisotopic (exact) mass is 331 g/mol. The van der Waals surface area contributed by atoms with Gasteiger partial charge in [0.1, 0.15) is 5.82 Å². The molecule has 4 nitrogen and oxygen atoms in total. The molecule has 0 saturated carbocycles. The van der Waals surface area contributed by atoms with Gasteiger partial charge in [-0.1, -0.05) is 43.5 Å². The van der Waals surface area contributed by atoms with Crippen molar-refractivity contribution in [1.29, 1.82) is 0 Å². The predicted molar refractivity (Wildman–Crippen MR) is 94.9 cm³/mol. The number of rotatable bonds is 8. The molecule has 2 aromatic rings. The molecule has 1 aromatic carbocycles. The maximum absolute atomic E-state index is 12.1. The second kappa shape index (κ2) is 9.16. The molecule has 1 amide bonds. The molecule has 0 bridgehead atoms. The van der Waals surface area contributed by atoms with E-state index in [0.717, 1.165) is 24.3 Å². The minimum Gasteiger partial charge on any atom is -0.370 e. The third kappa shape index (κ3) is 5.91. The van der Waals surface area contributed by atoms with Gasteiger partial charge in [0.15, 0.2) is 0 Å². The first kappa shape index (κ1) is 17.3. The summed E-state index contributed by atoms with van der Waals surface area (Å²) < 4.78 is 0. The maximum atomic E-state index is 12.1. The van der Waals surface area contributed by atoms with Crippen LogP contribution in [0.25, 0.3) is 0 Å². The number of unbranched alkanes of at least 4 members (excludes halogenated alkanes) is 2. The lowest BCUT2D eigenvalue weighted by molar-refractivity contribution is 0.0950. The number of hydrogen-bond donors (Lipinski definition) is 2. The summed E-state index contributed by atoms with van der Waals surface area (Å²) >= 11 is 5.84. The van der Waals surface area contributed by atoms with E-state index >= 15 is 0 Å². The van der Waals surface area contributed by atoms with Crippen LogP contribution in [0.1, 0.15) is 42.1 Å². The molecule has 0 saturated heterocycles. The molecular formula is C18H22ClN3O. The third-order valence-corrected chi connectivity index (χ3v) is 3.73. The molecule has 1 heterocycles. The fourth-order valence-corrected chi connectivity index (χ4v) is 2.24. The van der Waals surface area contributed by atoms with Crippen molar-refractivity contribution in [2.45, 2.75) is 32.7 Å². The van der Waals surface area contributed by atoms with Gasteiger partial charge < -0.3 is 10.6 Å². The van der Waals surface area contributed by atoms with Gasteiger partial charge in [0.2, 0.25) is 0 Å². The molecule has 0 unspecified atom stereocenters. The third-order valence-electron chi connectivity index (χ3n) is 3.48. The Morgan fingerprint density at radius 3 is 2.57 bits per heavy atom. The molecule has 0 aliphatic rings. The van der Waals surface area contributed by atoms with E-state index in [1.807, 2.05) is 30.3 Å². The van der Waals surface area contributed by atoms with Crippen molar-refractivity contribution in [3.63, 3.8) is 0 Å². The van der Waals surface area contributed by atoms with Crippen molar-refractivity contribution in [2.24, 2.45) is 0 Å². The molecule has 2 rings (SSSR count). The van der Waals surface area contributed by atoms with Crippen LogP contribution in [-0.4, -0.2) is 17.4 Å². The summed E-state index contributed by atoms with van der Waals surface area (Å²) in [6.07, 6.45) is 5.13. The Hall–Kier alpha value is -2.07. The van der Waals surface area contributed by atoms with E-state index in [1.165, 1.54) is 12.8 Å². The van der Waals surface area contributed by atoms with Crippen LogP contribution in [0.3, 0.4) is 0 Å². The van der Waals surface area contributed by atoms with Gasteiger partial charge in [-0.2, -0.15) is 0 Å². The number of anilines is 1. The summed E-state index contributed by atoms with van der Waals surface area (Å²) in [4.78, 5) is 16.4. The van der Waals surface area contributed by atoms with Crippen molar-refractivity contribution in [2.75, 3.05) is 11.9 Å². The molecule has 0 spiro atoms. The Labute approximate surface area is 142 Å². The molecule has 2 N–H and O–H groups in total. The smallest absolute Gasteiger partial charge is 0.253 e. The molecule has 0 radical (unpaired) electrons. The van der Waals surface area contributed by atoms with Crippen molar-refractivity contribution in [3.8, 4) is 0 Å². The quantitative estimate of drug-likeness (QED) is 0.710. The van der Waals surface area contributed by atoms with Crippen LogP contribution in [0.15, 0.2) is 42.6 Å². The average molecular weight is 332 g/mol. The van der Waals surface area contributed by atoms with Crippen molar-refractivity contribution < 1.29 is 4.79 Å². The Morgan fingerprint density at radius 2 is 1.91 bits per heavy atom. The summed E-state index contributed by atoms with van der Waals surface area (Å²) in [6, 6.07) is 11.0. The van der Waals surface area contributed by atoms with Gasteiger partial charge in [0.25, 0.3) is 5.91 Å². The number of nitrogens with zero attached hydrogens (tertiary/aromatic N) is 1. The van der Waals surface area contributed by atoms with Crippen LogP contribution >= 0.6 is 11.6 Å². The van der Waals surface area contributed by atoms with Crippen molar-refractivity contribution >= 4 is 23.3 Å². The lowest BCUT2D eigenvalue weighted by Gasteiger charge is -2.07. The van der Waals surface area contributed by atoms with Gasteiger partial charge >= 0.3 is 0 Å². The van der Waals surface area contributed by atoms with E-state index in [9.17, 15) is 4.79 Å². The zero-order chi connectivity index (χ0) is 16.5. The number of pyridine rings is 1. The second-order valence-electron chi connectivity index (χ2n) is 5.38. The molecule has 0 aliphatic carbocycles. The van der Waals surface area contributed by atoms with Gasteiger partial charge in [-0.05, 0) is 36.2 Å². The highest BCUT2D eigenvalue weighted by Crippen LogP contribution is 2.10. The molecule has 122 valence electrons. The Kier molecular flexibility index (Phi) is 6.88. The van der Waals surface area contributed by atoms with E-state index in [4.69, 9.17) is 11.6 Å². The zero-order valence-electron chi connectivity index (χ0n) is 13.3. The van der Waals surface area contributed by atoms with E-state index in [0.29, 0.717) is 17.1 Å². The number of carbonyl (C=O) groups excluding carboxylic acids is 1. The second-order valence-corrected chi connectivity index (χ2v) is 5.81. The van der Waals surface area contributed by atoms with Gasteiger partial charge in [0, 0.05) is 24.3 Å². The highest BCUT2D eigenvalue weighted by molar-refractivity contribution is 6.30. The van der Waals surface area contributed by atoms with Crippen LogP contribution in [0.2, 0.25) is 5.02 Å². The van der Waals surface area contributed by atoms with Gasteiger partial charge in [-0.3, -0.25) is 4.79 Å². The number of halogens is 1.